The number of nitrogens with one attached hydrogen (secondary N) is 1. The van der Waals surface area contributed by atoms with Crippen LogP contribution in [0.25, 0.3) is 0 Å². The molecule has 16 heavy (non-hydrogen) atoms. The number of nitrogens with zero attached hydrogens (tertiary/aromatic N) is 2. The molecule has 0 radical (unpaired) electrons. The number of piperazine rings is 1. The molecule has 1 aromatic heterocycles. The molecule has 1 saturated heterocycles. The van der Waals surface area contributed by atoms with E-state index < -0.39 is 0 Å². The molecule has 1 aromatic rings. The lowest BCUT2D eigenvalue weighted by molar-refractivity contribution is 0.233. The number of aromatic nitrogens is 1. The van der Waals surface area contributed by atoms with Crippen LogP contribution in [0.3, 0.4) is 0 Å². The minimum absolute atomic E-state index is 0.605. The first-order valence-corrected chi connectivity index (χ1v) is 7.05. The molecule has 0 saturated carbocycles. The number of hydrogen-bond donors (Lipinski definition) is 1. The molecule has 2 rings (SSSR count). The Bertz CT molecular complexity index is 318. The smallest absolute Gasteiger partial charge is 0.107 e. The maximum absolute atomic E-state index is 4.73. The molecule has 0 bridgehead atoms. The molecule has 1 aliphatic heterocycles. The second-order valence-corrected chi connectivity index (χ2v) is 5.44. The van der Waals surface area contributed by atoms with Gasteiger partial charge in [0, 0.05) is 31.6 Å². The van der Waals surface area contributed by atoms with Gasteiger partial charge < -0.3 is 5.32 Å². The topological polar surface area (TPSA) is 28.2 Å². The third kappa shape index (κ3) is 3.03. The zero-order valence-electron chi connectivity index (χ0n) is 10.2. The van der Waals surface area contributed by atoms with Gasteiger partial charge >= 0.3 is 0 Å². The van der Waals surface area contributed by atoms with Crippen molar-refractivity contribution in [2.45, 2.75) is 32.7 Å². The highest BCUT2D eigenvalue weighted by atomic mass is 32.1. The fraction of sp³-hybridized carbons (Fsp3) is 0.750. The summed E-state index contributed by atoms with van der Waals surface area (Å²) in [6.07, 6.45) is 1.18. The van der Waals surface area contributed by atoms with Gasteiger partial charge in [0.1, 0.15) is 5.01 Å². The molecule has 2 heterocycles. The Morgan fingerprint density at radius 3 is 2.94 bits per heavy atom. The molecular formula is C12H21N3S. The van der Waals surface area contributed by atoms with E-state index in [-0.39, 0.29) is 0 Å². The Labute approximate surface area is 102 Å². The second-order valence-electron chi connectivity index (χ2n) is 4.50. The van der Waals surface area contributed by atoms with Crippen LogP contribution in [0.2, 0.25) is 0 Å². The summed E-state index contributed by atoms with van der Waals surface area (Å²) in [4.78, 5) is 7.21. The molecule has 0 aliphatic carbocycles. The van der Waals surface area contributed by atoms with E-state index in [9.17, 15) is 0 Å². The highest BCUT2D eigenvalue weighted by Gasteiger charge is 2.13. The van der Waals surface area contributed by atoms with Crippen molar-refractivity contribution < 1.29 is 0 Å². The van der Waals surface area contributed by atoms with Gasteiger partial charge in [0.15, 0.2) is 0 Å². The van der Waals surface area contributed by atoms with E-state index in [1.165, 1.54) is 17.1 Å². The van der Waals surface area contributed by atoms with Crippen LogP contribution in [0.4, 0.5) is 0 Å². The molecule has 1 aliphatic rings. The minimum Gasteiger partial charge on any atom is -0.314 e. The van der Waals surface area contributed by atoms with Gasteiger partial charge in [-0.25, -0.2) is 4.98 Å². The summed E-state index contributed by atoms with van der Waals surface area (Å²) in [6, 6.07) is 0. The van der Waals surface area contributed by atoms with Gasteiger partial charge in [0.2, 0.25) is 0 Å². The van der Waals surface area contributed by atoms with Crippen molar-refractivity contribution >= 4 is 11.3 Å². The number of thiazole rings is 1. The molecule has 3 nitrogen and oxygen atoms in total. The van der Waals surface area contributed by atoms with Crippen molar-refractivity contribution in [3.8, 4) is 0 Å². The predicted octanol–water partition coefficient (Wildman–Crippen LogP) is 2.06. The van der Waals surface area contributed by atoms with E-state index in [4.69, 9.17) is 4.98 Å². The van der Waals surface area contributed by atoms with Crippen molar-refractivity contribution in [2.24, 2.45) is 0 Å². The molecule has 1 unspecified atom stereocenters. The van der Waals surface area contributed by atoms with Gasteiger partial charge in [-0.05, 0) is 12.3 Å². The van der Waals surface area contributed by atoms with E-state index >= 15 is 0 Å². The van der Waals surface area contributed by atoms with Crippen LogP contribution >= 0.6 is 11.3 Å². The second kappa shape index (κ2) is 5.75. The lowest BCUT2D eigenvalue weighted by atomic mass is 10.1. The van der Waals surface area contributed by atoms with Gasteiger partial charge in [-0.1, -0.05) is 13.8 Å². The fourth-order valence-corrected chi connectivity index (χ4v) is 2.85. The van der Waals surface area contributed by atoms with Crippen LogP contribution in [0, 0.1) is 0 Å². The Morgan fingerprint density at radius 1 is 1.50 bits per heavy atom. The van der Waals surface area contributed by atoms with E-state index in [0.29, 0.717) is 5.92 Å². The molecule has 0 aromatic carbocycles. The van der Waals surface area contributed by atoms with Crippen molar-refractivity contribution in [1.82, 2.24) is 15.2 Å². The Morgan fingerprint density at radius 2 is 2.25 bits per heavy atom. The minimum atomic E-state index is 0.605. The first-order chi connectivity index (χ1) is 7.79. The van der Waals surface area contributed by atoms with Crippen LogP contribution in [-0.2, 0) is 6.54 Å². The zero-order chi connectivity index (χ0) is 11.4. The van der Waals surface area contributed by atoms with E-state index in [2.05, 4.69) is 29.4 Å². The highest BCUT2D eigenvalue weighted by molar-refractivity contribution is 7.09. The average molecular weight is 239 g/mol. The Hall–Kier alpha value is -0.450. The molecule has 1 atom stereocenters. The summed E-state index contributed by atoms with van der Waals surface area (Å²) < 4.78 is 0. The van der Waals surface area contributed by atoms with E-state index in [1.54, 1.807) is 0 Å². The average Bonchev–Trinajstić information content (AvgIpc) is 2.78. The molecule has 90 valence electrons. The lowest BCUT2D eigenvalue weighted by Gasteiger charge is -2.26. The normalized spacial score (nSPS) is 19.9. The lowest BCUT2D eigenvalue weighted by Crippen LogP contribution is -2.42. The van der Waals surface area contributed by atoms with Gasteiger partial charge in [-0.15, -0.1) is 11.3 Å². The SMILES string of the molecule is CCC(C)c1csc(CN2CCNCC2)n1. The summed E-state index contributed by atoms with van der Waals surface area (Å²) in [7, 11) is 0. The Kier molecular flexibility index (Phi) is 4.32. The van der Waals surface area contributed by atoms with Crippen LogP contribution in [0.1, 0.15) is 36.9 Å². The molecule has 0 amide bonds. The number of rotatable bonds is 4. The van der Waals surface area contributed by atoms with Crippen LogP contribution in [0.15, 0.2) is 5.38 Å². The maximum Gasteiger partial charge on any atom is 0.107 e. The summed E-state index contributed by atoms with van der Waals surface area (Å²) >= 11 is 1.81. The van der Waals surface area contributed by atoms with Crippen LogP contribution < -0.4 is 5.32 Å². The van der Waals surface area contributed by atoms with Crippen molar-refractivity contribution in [2.75, 3.05) is 26.2 Å². The highest BCUT2D eigenvalue weighted by Crippen LogP contribution is 2.21. The van der Waals surface area contributed by atoms with Crippen molar-refractivity contribution in [3.05, 3.63) is 16.1 Å². The van der Waals surface area contributed by atoms with E-state index in [0.717, 1.165) is 32.7 Å². The summed E-state index contributed by atoms with van der Waals surface area (Å²) in [5.74, 6) is 0.605. The van der Waals surface area contributed by atoms with Crippen molar-refractivity contribution in [1.29, 1.82) is 0 Å². The summed E-state index contributed by atoms with van der Waals surface area (Å²) in [5, 5.41) is 6.88. The first kappa shape index (κ1) is 12.0. The van der Waals surface area contributed by atoms with Crippen LogP contribution in [0.5, 0.6) is 0 Å². The molecule has 4 heteroatoms. The van der Waals surface area contributed by atoms with Crippen molar-refractivity contribution in [3.63, 3.8) is 0 Å². The summed E-state index contributed by atoms with van der Waals surface area (Å²) in [6.45, 7) is 10.0. The zero-order valence-corrected chi connectivity index (χ0v) is 11.0. The van der Waals surface area contributed by atoms with Crippen LogP contribution in [-0.4, -0.2) is 36.1 Å². The van der Waals surface area contributed by atoms with Gasteiger partial charge in [0.05, 0.1) is 12.2 Å². The molecule has 1 N–H and O–H groups in total. The fourth-order valence-electron chi connectivity index (χ4n) is 1.89. The third-order valence-electron chi connectivity index (χ3n) is 3.26. The van der Waals surface area contributed by atoms with Gasteiger partial charge in [-0.2, -0.15) is 0 Å². The molecule has 1 fully saturated rings. The van der Waals surface area contributed by atoms with Gasteiger partial charge in [0.25, 0.3) is 0 Å². The number of hydrogen-bond acceptors (Lipinski definition) is 4. The van der Waals surface area contributed by atoms with E-state index in [1.807, 2.05) is 11.3 Å². The standard InChI is InChI=1S/C12H21N3S/c1-3-10(2)11-9-16-12(14-11)8-15-6-4-13-5-7-15/h9-10,13H,3-8H2,1-2H3. The quantitative estimate of drug-likeness (QED) is 0.872. The third-order valence-corrected chi connectivity index (χ3v) is 4.11. The Balaban J connectivity index is 1.91. The largest absolute Gasteiger partial charge is 0.314 e. The molecule has 0 spiro atoms. The maximum atomic E-state index is 4.73. The first-order valence-electron chi connectivity index (χ1n) is 6.17. The van der Waals surface area contributed by atoms with Gasteiger partial charge in [-0.3, -0.25) is 4.90 Å². The monoisotopic (exact) mass is 239 g/mol. The predicted molar refractivity (Wildman–Crippen MR) is 69.0 cm³/mol. The summed E-state index contributed by atoms with van der Waals surface area (Å²) in [5.41, 5.74) is 1.28. The molecular weight excluding hydrogens is 218 g/mol.